The van der Waals surface area contributed by atoms with E-state index in [9.17, 15) is 18.4 Å². The molecule has 0 radical (unpaired) electrons. The Hall–Kier alpha value is -2.57. The SMILES string of the molecule is O=C(NCCn1cnc(C2CC2)cc1=O)c1ccc(F)c(F)c1. The molecule has 1 aliphatic rings. The molecule has 3 rings (SSSR count). The molecule has 0 bridgehead atoms. The third kappa shape index (κ3) is 3.61. The molecule has 1 aromatic heterocycles. The highest BCUT2D eigenvalue weighted by molar-refractivity contribution is 5.94. The van der Waals surface area contributed by atoms with E-state index in [0.717, 1.165) is 30.7 Å². The third-order valence-electron chi connectivity index (χ3n) is 3.72. The van der Waals surface area contributed by atoms with Crippen LogP contribution in [0.1, 0.15) is 34.8 Å². The number of halogens is 2. The number of aromatic nitrogens is 2. The lowest BCUT2D eigenvalue weighted by atomic mass is 10.2. The number of carbonyl (C=O) groups excluding carboxylic acids is 1. The van der Waals surface area contributed by atoms with Crippen LogP contribution in [-0.2, 0) is 6.54 Å². The van der Waals surface area contributed by atoms with Gasteiger partial charge in [-0.1, -0.05) is 0 Å². The second kappa shape index (κ2) is 6.28. The van der Waals surface area contributed by atoms with Gasteiger partial charge in [0.1, 0.15) is 0 Å². The van der Waals surface area contributed by atoms with Crippen LogP contribution in [0.15, 0.2) is 35.4 Å². The maximum absolute atomic E-state index is 13.1. The molecular weight excluding hydrogens is 304 g/mol. The van der Waals surface area contributed by atoms with Gasteiger partial charge in [-0.3, -0.25) is 14.2 Å². The van der Waals surface area contributed by atoms with Crippen LogP contribution in [-0.4, -0.2) is 22.0 Å². The first kappa shape index (κ1) is 15.3. The molecule has 7 heteroatoms. The van der Waals surface area contributed by atoms with Crippen molar-refractivity contribution in [1.29, 1.82) is 0 Å². The molecule has 0 atom stereocenters. The Bertz CT molecular complexity index is 800. The standard InChI is InChI=1S/C16H15F2N3O2/c17-12-4-3-11(7-13(12)18)16(23)19-5-6-21-9-20-14(8-15(21)22)10-1-2-10/h3-4,7-10H,1-2,5-6H2,(H,19,23). The van der Waals surface area contributed by atoms with Gasteiger partial charge in [-0.15, -0.1) is 0 Å². The van der Waals surface area contributed by atoms with E-state index in [0.29, 0.717) is 5.92 Å². The van der Waals surface area contributed by atoms with Crippen LogP contribution in [0, 0.1) is 11.6 Å². The van der Waals surface area contributed by atoms with E-state index in [-0.39, 0.29) is 24.2 Å². The Morgan fingerprint density at radius 1 is 1.26 bits per heavy atom. The van der Waals surface area contributed by atoms with Crippen LogP contribution < -0.4 is 10.9 Å². The predicted octanol–water partition coefficient (Wildman–Crippen LogP) is 1.83. The van der Waals surface area contributed by atoms with Crippen molar-refractivity contribution in [1.82, 2.24) is 14.9 Å². The summed E-state index contributed by atoms with van der Waals surface area (Å²) in [6, 6.07) is 4.46. The van der Waals surface area contributed by atoms with Crippen LogP contribution in [0.5, 0.6) is 0 Å². The third-order valence-corrected chi connectivity index (χ3v) is 3.72. The number of nitrogens with zero attached hydrogens (tertiary/aromatic N) is 2. The topological polar surface area (TPSA) is 64.0 Å². The molecule has 1 N–H and O–H groups in total. The van der Waals surface area contributed by atoms with Crippen molar-refractivity contribution < 1.29 is 13.6 Å². The summed E-state index contributed by atoms with van der Waals surface area (Å²) in [5.74, 6) is -2.20. The normalized spacial score (nSPS) is 13.8. The molecule has 0 saturated heterocycles. The number of hydrogen-bond acceptors (Lipinski definition) is 3. The number of carbonyl (C=O) groups is 1. The van der Waals surface area contributed by atoms with Crippen molar-refractivity contribution in [3.05, 3.63) is 63.8 Å². The van der Waals surface area contributed by atoms with Gasteiger partial charge in [-0.05, 0) is 31.0 Å². The van der Waals surface area contributed by atoms with Crippen LogP contribution in [0.4, 0.5) is 8.78 Å². The summed E-state index contributed by atoms with van der Waals surface area (Å²) in [4.78, 5) is 28.0. The zero-order chi connectivity index (χ0) is 16.4. The van der Waals surface area contributed by atoms with Gasteiger partial charge in [-0.2, -0.15) is 0 Å². The number of nitrogens with one attached hydrogen (secondary N) is 1. The molecule has 0 aliphatic heterocycles. The van der Waals surface area contributed by atoms with Gasteiger partial charge in [0.2, 0.25) is 0 Å². The minimum Gasteiger partial charge on any atom is -0.350 e. The van der Waals surface area contributed by atoms with Crippen LogP contribution in [0.2, 0.25) is 0 Å². The molecule has 23 heavy (non-hydrogen) atoms. The monoisotopic (exact) mass is 319 g/mol. The highest BCUT2D eigenvalue weighted by atomic mass is 19.2. The van der Waals surface area contributed by atoms with E-state index < -0.39 is 17.5 Å². The fourth-order valence-electron chi connectivity index (χ4n) is 2.24. The number of rotatable bonds is 5. The van der Waals surface area contributed by atoms with Gasteiger partial charge in [0.15, 0.2) is 11.6 Å². The summed E-state index contributed by atoms with van der Waals surface area (Å²) in [5, 5.41) is 2.56. The second-order valence-electron chi connectivity index (χ2n) is 5.50. The van der Waals surface area contributed by atoms with E-state index in [4.69, 9.17) is 0 Å². The summed E-state index contributed by atoms with van der Waals surface area (Å²) >= 11 is 0. The Morgan fingerprint density at radius 3 is 2.70 bits per heavy atom. The molecule has 120 valence electrons. The van der Waals surface area contributed by atoms with E-state index in [2.05, 4.69) is 10.3 Å². The molecule has 2 aromatic rings. The Kier molecular flexibility index (Phi) is 4.18. The molecular formula is C16H15F2N3O2. The Morgan fingerprint density at radius 2 is 2.04 bits per heavy atom. The average molecular weight is 319 g/mol. The molecule has 0 spiro atoms. The fraction of sp³-hybridized carbons (Fsp3) is 0.312. The minimum absolute atomic E-state index is 0.0263. The minimum atomic E-state index is -1.08. The van der Waals surface area contributed by atoms with Crippen molar-refractivity contribution >= 4 is 5.91 Å². The number of benzene rings is 1. The molecule has 0 unspecified atom stereocenters. The number of amides is 1. The van der Waals surface area contributed by atoms with Gasteiger partial charge < -0.3 is 5.32 Å². The van der Waals surface area contributed by atoms with E-state index in [1.165, 1.54) is 23.0 Å². The van der Waals surface area contributed by atoms with Crippen molar-refractivity contribution in [2.45, 2.75) is 25.3 Å². The van der Waals surface area contributed by atoms with Gasteiger partial charge in [0.05, 0.1) is 12.0 Å². The van der Waals surface area contributed by atoms with E-state index in [1.54, 1.807) is 0 Å². The smallest absolute Gasteiger partial charge is 0.253 e. The van der Waals surface area contributed by atoms with Crippen LogP contribution >= 0.6 is 0 Å². The van der Waals surface area contributed by atoms with Crippen molar-refractivity contribution in [3.63, 3.8) is 0 Å². The summed E-state index contributed by atoms with van der Waals surface area (Å²) in [6.45, 7) is 0.439. The Balaban J connectivity index is 1.57. The van der Waals surface area contributed by atoms with Gasteiger partial charge in [0.25, 0.3) is 11.5 Å². The maximum atomic E-state index is 13.1. The molecule has 1 fully saturated rings. The first-order valence-corrected chi connectivity index (χ1v) is 7.34. The van der Waals surface area contributed by atoms with Gasteiger partial charge in [0, 0.05) is 30.6 Å². The average Bonchev–Trinajstić information content (AvgIpc) is 3.36. The van der Waals surface area contributed by atoms with Crippen LogP contribution in [0.3, 0.4) is 0 Å². The highest BCUT2D eigenvalue weighted by Crippen LogP contribution is 2.38. The van der Waals surface area contributed by atoms with E-state index >= 15 is 0 Å². The van der Waals surface area contributed by atoms with E-state index in [1.807, 2.05) is 0 Å². The van der Waals surface area contributed by atoms with Crippen molar-refractivity contribution in [3.8, 4) is 0 Å². The number of hydrogen-bond donors (Lipinski definition) is 1. The molecule has 1 aromatic carbocycles. The van der Waals surface area contributed by atoms with Crippen molar-refractivity contribution in [2.24, 2.45) is 0 Å². The summed E-state index contributed by atoms with van der Waals surface area (Å²) in [5.41, 5.74) is 0.680. The lowest BCUT2D eigenvalue weighted by Crippen LogP contribution is -2.31. The molecule has 1 heterocycles. The lowest BCUT2D eigenvalue weighted by Gasteiger charge is -2.08. The van der Waals surface area contributed by atoms with Crippen molar-refractivity contribution in [2.75, 3.05) is 6.54 Å². The van der Waals surface area contributed by atoms with Gasteiger partial charge >= 0.3 is 0 Å². The zero-order valence-corrected chi connectivity index (χ0v) is 12.3. The molecule has 5 nitrogen and oxygen atoms in total. The molecule has 1 saturated carbocycles. The second-order valence-corrected chi connectivity index (χ2v) is 5.50. The van der Waals surface area contributed by atoms with Gasteiger partial charge in [-0.25, -0.2) is 13.8 Å². The summed E-state index contributed by atoms with van der Waals surface area (Å²) in [6.07, 6.45) is 3.61. The van der Waals surface area contributed by atoms with Crippen LogP contribution in [0.25, 0.3) is 0 Å². The fourth-order valence-corrected chi connectivity index (χ4v) is 2.24. The first-order chi connectivity index (χ1) is 11.0. The maximum Gasteiger partial charge on any atom is 0.253 e. The quantitative estimate of drug-likeness (QED) is 0.914. The predicted molar refractivity (Wildman–Crippen MR) is 79.2 cm³/mol. The summed E-state index contributed by atoms with van der Waals surface area (Å²) < 4.78 is 27.3. The lowest BCUT2D eigenvalue weighted by molar-refractivity contribution is 0.0951. The molecule has 1 amide bonds. The summed E-state index contributed by atoms with van der Waals surface area (Å²) in [7, 11) is 0. The molecule has 1 aliphatic carbocycles. The largest absolute Gasteiger partial charge is 0.350 e. The first-order valence-electron chi connectivity index (χ1n) is 7.34. The Labute approximate surface area is 131 Å². The highest BCUT2D eigenvalue weighted by Gasteiger charge is 2.25. The zero-order valence-electron chi connectivity index (χ0n) is 12.3.